The summed E-state index contributed by atoms with van der Waals surface area (Å²) in [6.07, 6.45) is -0.632. The van der Waals surface area contributed by atoms with Crippen molar-refractivity contribution in [2.45, 2.75) is 26.4 Å². The van der Waals surface area contributed by atoms with Crippen LogP contribution in [0.25, 0.3) is 22.0 Å². The Balaban J connectivity index is 2.22. The maximum atomic E-state index is 14.2. The number of hydrogen-bond donors (Lipinski definition) is 0. The quantitative estimate of drug-likeness (QED) is 0.471. The second-order valence-electron chi connectivity index (χ2n) is 6.69. The first kappa shape index (κ1) is 18.3. The third kappa shape index (κ3) is 3.42. The molecule has 0 fully saturated rings. The van der Waals surface area contributed by atoms with E-state index < -0.39 is 17.5 Å². The van der Waals surface area contributed by atoms with Crippen LogP contribution in [0.1, 0.15) is 26.3 Å². The number of benzene rings is 2. The Bertz CT molecular complexity index is 1060. The Hall–Kier alpha value is -2.47. The van der Waals surface area contributed by atoms with Gasteiger partial charge in [-0.25, -0.2) is 9.18 Å². The highest BCUT2D eigenvalue weighted by molar-refractivity contribution is 14.1. The third-order valence-corrected chi connectivity index (χ3v) is 4.42. The van der Waals surface area contributed by atoms with Crippen molar-refractivity contribution in [3.05, 3.63) is 51.5 Å². The molecule has 5 nitrogen and oxygen atoms in total. The number of carbonyl (C=O) groups is 1. The van der Waals surface area contributed by atoms with E-state index in [9.17, 15) is 14.4 Å². The van der Waals surface area contributed by atoms with Crippen molar-refractivity contribution in [3.63, 3.8) is 0 Å². The van der Waals surface area contributed by atoms with E-state index in [4.69, 9.17) is 4.74 Å². The summed E-state index contributed by atoms with van der Waals surface area (Å²) in [7, 11) is 0. The van der Waals surface area contributed by atoms with Crippen LogP contribution in [0.2, 0.25) is 0 Å². The van der Waals surface area contributed by atoms with E-state index >= 15 is 0 Å². The van der Waals surface area contributed by atoms with Gasteiger partial charge in [0.15, 0.2) is 0 Å². The number of hydrogen-bond acceptors (Lipinski definition) is 4. The van der Waals surface area contributed by atoms with E-state index in [2.05, 4.69) is 11.2 Å². The summed E-state index contributed by atoms with van der Waals surface area (Å²) in [5.74, 6) is -0.419. The van der Waals surface area contributed by atoms with Crippen LogP contribution in [0.4, 0.5) is 9.18 Å². The first-order valence-corrected chi connectivity index (χ1v) is 8.90. The highest BCUT2D eigenvalue weighted by Crippen LogP contribution is 2.32. The van der Waals surface area contributed by atoms with Gasteiger partial charge in [0.05, 0.1) is 17.1 Å². The third-order valence-electron chi connectivity index (χ3n) is 3.63. The summed E-state index contributed by atoms with van der Waals surface area (Å²) in [5, 5.41) is 14.4. The number of fused-ring (bicyclic) bond motifs is 1. The second kappa shape index (κ2) is 6.68. The van der Waals surface area contributed by atoms with Gasteiger partial charge in [0, 0.05) is 16.5 Å². The Kier molecular flexibility index (Phi) is 4.71. The monoisotopic (exact) mass is 463 g/mol. The highest BCUT2D eigenvalue weighted by atomic mass is 127. The minimum absolute atomic E-state index is 0.253. The molecule has 1 heterocycles. The Morgan fingerprint density at radius 2 is 1.96 bits per heavy atom. The molecule has 0 aliphatic rings. The van der Waals surface area contributed by atoms with Crippen molar-refractivity contribution < 1.29 is 13.9 Å². The Labute approximate surface area is 163 Å². The zero-order valence-corrected chi connectivity index (χ0v) is 16.5. The summed E-state index contributed by atoms with van der Waals surface area (Å²) >= 11 is 2.00. The zero-order chi connectivity index (χ0) is 19.1. The molecule has 1 aromatic heterocycles. The molecular weight excluding hydrogens is 448 g/mol. The Morgan fingerprint density at radius 3 is 2.58 bits per heavy atom. The topological polar surface area (TPSA) is 67.9 Å². The van der Waals surface area contributed by atoms with Gasteiger partial charge in [-0.05, 0) is 61.6 Å². The average molecular weight is 463 g/mol. The van der Waals surface area contributed by atoms with Crippen LogP contribution in [0.5, 0.6) is 0 Å². The van der Waals surface area contributed by atoms with Gasteiger partial charge in [-0.1, -0.05) is 18.2 Å². The number of halogens is 2. The molecule has 26 heavy (non-hydrogen) atoms. The van der Waals surface area contributed by atoms with E-state index in [0.717, 1.165) is 4.68 Å². The molecule has 132 valence electrons. The molecule has 0 aliphatic carbocycles. The fourth-order valence-electron chi connectivity index (χ4n) is 2.56. The SMILES string of the molecule is CC(C)(C)OC(=O)n1nc(I)c2cc(-c3ccccc3F)c(C#N)cc21. The van der Waals surface area contributed by atoms with E-state index in [-0.39, 0.29) is 5.56 Å². The number of carbonyl (C=O) groups excluding carboxylic acids is 1. The summed E-state index contributed by atoms with van der Waals surface area (Å²) in [6, 6.07) is 11.5. The fourth-order valence-corrected chi connectivity index (χ4v) is 3.21. The molecule has 0 N–H and O–H groups in total. The van der Waals surface area contributed by atoms with Crippen LogP contribution >= 0.6 is 22.6 Å². The smallest absolute Gasteiger partial charge is 0.435 e. The zero-order valence-electron chi connectivity index (χ0n) is 14.4. The molecule has 0 bridgehead atoms. The van der Waals surface area contributed by atoms with Crippen molar-refractivity contribution in [2.24, 2.45) is 0 Å². The van der Waals surface area contributed by atoms with Crippen molar-refractivity contribution >= 4 is 39.6 Å². The van der Waals surface area contributed by atoms with Crippen molar-refractivity contribution in [2.75, 3.05) is 0 Å². The maximum absolute atomic E-state index is 14.2. The minimum Gasteiger partial charge on any atom is -0.442 e. The summed E-state index contributed by atoms with van der Waals surface area (Å²) < 4.78 is 21.3. The Morgan fingerprint density at radius 1 is 1.27 bits per heavy atom. The van der Waals surface area contributed by atoms with Crippen molar-refractivity contribution in [1.82, 2.24) is 9.78 Å². The molecule has 0 atom stereocenters. The standard InChI is InChI=1S/C19H15FIN3O2/c1-19(2,3)26-18(25)24-16-8-11(10-22)13(9-14(16)17(21)23-24)12-6-4-5-7-15(12)20/h4-9H,1-3H3. The molecule has 0 aliphatic heterocycles. The molecule has 3 aromatic rings. The van der Waals surface area contributed by atoms with Gasteiger partial charge in [0.2, 0.25) is 0 Å². The molecule has 0 saturated carbocycles. The van der Waals surface area contributed by atoms with Crippen molar-refractivity contribution in [1.29, 1.82) is 5.26 Å². The predicted octanol–water partition coefficient (Wildman–Crippen LogP) is 5.10. The summed E-state index contributed by atoms with van der Waals surface area (Å²) in [6.45, 7) is 5.29. The van der Waals surface area contributed by atoms with Crippen LogP contribution in [-0.4, -0.2) is 21.5 Å². The predicted molar refractivity (Wildman–Crippen MR) is 104 cm³/mol. The summed E-state index contributed by atoms with van der Waals surface area (Å²) in [5.41, 5.74) is 0.807. The van der Waals surface area contributed by atoms with Gasteiger partial charge in [0.25, 0.3) is 0 Å². The molecule has 3 rings (SSSR count). The van der Waals surface area contributed by atoms with Gasteiger partial charge in [-0.3, -0.25) is 0 Å². The van der Waals surface area contributed by atoms with E-state index in [0.29, 0.717) is 25.7 Å². The molecule has 0 saturated heterocycles. The number of rotatable bonds is 1. The van der Waals surface area contributed by atoms with Crippen LogP contribution in [0, 0.1) is 20.8 Å². The number of nitrogens with zero attached hydrogens (tertiary/aromatic N) is 3. The average Bonchev–Trinajstić information content (AvgIpc) is 2.89. The fraction of sp³-hybridized carbons (Fsp3) is 0.211. The van der Waals surface area contributed by atoms with Crippen molar-refractivity contribution in [3.8, 4) is 17.2 Å². The minimum atomic E-state index is -0.675. The first-order chi connectivity index (χ1) is 12.2. The van der Waals surface area contributed by atoms with Crippen LogP contribution in [0.15, 0.2) is 36.4 Å². The van der Waals surface area contributed by atoms with Crippen LogP contribution in [-0.2, 0) is 4.74 Å². The van der Waals surface area contributed by atoms with Gasteiger partial charge in [-0.2, -0.15) is 15.0 Å². The largest absolute Gasteiger partial charge is 0.442 e. The molecule has 2 aromatic carbocycles. The maximum Gasteiger partial charge on any atom is 0.435 e. The first-order valence-electron chi connectivity index (χ1n) is 7.82. The van der Waals surface area contributed by atoms with Gasteiger partial charge < -0.3 is 4.74 Å². The van der Waals surface area contributed by atoms with Gasteiger partial charge >= 0.3 is 6.09 Å². The molecule has 7 heteroatoms. The molecule has 0 amide bonds. The van der Waals surface area contributed by atoms with E-state index in [1.165, 1.54) is 12.1 Å². The van der Waals surface area contributed by atoms with E-state index in [1.807, 2.05) is 22.6 Å². The second-order valence-corrected chi connectivity index (χ2v) is 7.71. The van der Waals surface area contributed by atoms with Crippen LogP contribution in [0.3, 0.4) is 0 Å². The lowest BCUT2D eigenvalue weighted by molar-refractivity contribution is 0.0522. The van der Waals surface area contributed by atoms with E-state index in [1.54, 1.807) is 45.0 Å². The molecule has 0 radical (unpaired) electrons. The van der Waals surface area contributed by atoms with Gasteiger partial charge in [0.1, 0.15) is 15.1 Å². The number of aromatic nitrogens is 2. The van der Waals surface area contributed by atoms with Crippen LogP contribution < -0.4 is 0 Å². The molecule has 0 spiro atoms. The lowest BCUT2D eigenvalue weighted by atomic mass is 9.98. The lowest BCUT2D eigenvalue weighted by Gasteiger charge is -2.19. The molecular formula is C19H15FIN3O2. The summed E-state index contributed by atoms with van der Waals surface area (Å²) in [4.78, 5) is 12.4. The highest BCUT2D eigenvalue weighted by Gasteiger charge is 2.23. The number of nitriles is 1. The van der Waals surface area contributed by atoms with Gasteiger partial charge in [-0.15, -0.1) is 0 Å². The number of ether oxygens (including phenoxy) is 1. The lowest BCUT2D eigenvalue weighted by Crippen LogP contribution is -2.27. The molecule has 0 unspecified atom stereocenters. The normalized spacial score (nSPS) is 11.4.